The largest absolute Gasteiger partial charge is 0.309 e. The molecule has 3 aromatic heterocycles. The number of anilines is 1. The van der Waals surface area contributed by atoms with Gasteiger partial charge in [0, 0.05) is 42.2 Å². The molecule has 0 aromatic carbocycles. The minimum atomic E-state index is -0.875. The highest BCUT2D eigenvalue weighted by atomic mass is 16.2. The van der Waals surface area contributed by atoms with Crippen LogP contribution in [0.2, 0.25) is 0 Å². The van der Waals surface area contributed by atoms with E-state index in [2.05, 4.69) is 21.4 Å². The molecule has 0 unspecified atom stereocenters. The normalized spacial score (nSPS) is 25.8. The molecule has 3 aromatic rings. The fourth-order valence-electron chi connectivity index (χ4n) is 4.30. The van der Waals surface area contributed by atoms with E-state index in [1.54, 1.807) is 21.8 Å². The fraction of sp³-hybridized carbons (Fsp3) is 0.368. The molecule has 1 amide bonds. The summed E-state index contributed by atoms with van der Waals surface area (Å²) in [6.07, 6.45) is 9.14. The van der Waals surface area contributed by atoms with Crippen molar-refractivity contribution in [3.05, 3.63) is 36.9 Å². The van der Waals surface area contributed by atoms with Crippen LogP contribution in [0.4, 0.5) is 5.69 Å². The van der Waals surface area contributed by atoms with Crippen LogP contribution in [0, 0.1) is 28.6 Å². The van der Waals surface area contributed by atoms with Crippen LogP contribution >= 0.6 is 0 Å². The Morgan fingerprint density at radius 3 is 2.92 bits per heavy atom. The van der Waals surface area contributed by atoms with Crippen LogP contribution in [0.5, 0.6) is 0 Å². The lowest BCUT2D eigenvalue weighted by atomic mass is 9.75. The highest BCUT2D eigenvalue weighted by molar-refractivity contribution is 6.05. The number of aromatic nitrogens is 4. The molecule has 2 aliphatic rings. The number of hydrogen-bond donors (Lipinski definition) is 1. The first-order chi connectivity index (χ1) is 12.6. The summed E-state index contributed by atoms with van der Waals surface area (Å²) < 4.78 is 1.78. The SMILES string of the molecule is C[C@@H]1CN(c2ccnn3cc(-c4cn[nH]c4)cc23)C(=O)[C@]1(C#N)C1CC1. The number of rotatable bonds is 3. The number of nitrogens with zero attached hydrogens (tertiary/aromatic N) is 5. The van der Waals surface area contributed by atoms with Gasteiger partial charge < -0.3 is 4.90 Å². The fourth-order valence-corrected chi connectivity index (χ4v) is 4.30. The third kappa shape index (κ3) is 1.90. The smallest absolute Gasteiger partial charge is 0.248 e. The van der Waals surface area contributed by atoms with Crippen LogP contribution in [-0.2, 0) is 4.79 Å². The van der Waals surface area contributed by atoms with Crippen molar-refractivity contribution in [3.63, 3.8) is 0 Å². The zero-order valence-corrected chi connectivity index (χ0v) is 14.4. The second-order valence-electron chi connectivity index (χ2n) is 7.33. The van der Waals surface area contributed by atoms with Gasteiger partial charge in [-0.1, -0.05) is 6.92 Å². The predicted octanol–water partition coefficient (Wildman–Crippen LogP) is 2.63. The van der Waals surface area contributed by atoms with E-state index in [4.69, 9.17) is 0 Å². The summed E-state index contributed by atoms with van der Waals surface area (Å²) in [7, 11) is 0. The van der Waals surface area contributed by atoms with E-state index in [0.717, 1.165) is 35.2 Å². The van der Waals surface area contributed by atoms with Gasteiger partial charge in [-0.25, -0.2) is 4.52 Å². The lowest BCUT2D eigenvalue weighted by Crippen LogP contribution is -2.37. The number of hydrogen-bond acceptors (Lipinski definition) is 4. The summed E-state index contributed by atoms with van der Waals surface area (Å²) in [6.45, 7) is 2.58. The summed E-state index contributed by atoms with van der Waals surface area (Å²) in [6, 6.07) is 6.26. The molecule has 2 atom stereocenters. The quantitative estimate of drug-likeness (QED) is 0.789. The molecule has 1 saturated heterocycles. The number of nitrogens with one attached hydrogen (secondary N) is 1. The van der Waals surface area contributed by atoms with Crippen molar-refractivity contribution in [1.29, 1.82) is 5.26 Å². The molecule has 26 heavy (non-hydrogen) atoms. The lowest BCUT2D eigenvalue weighted by Gasteiger charge is -2.23. The van der Waals surface area contributed by atoms with Crippen molar-refractivity contribution in [2.45, 2.75) is 19.8 Å². The number of nitriles is 1. The van der Waals surface area contributed by atoms with Gasteiger partial charge in [0.05, 0.1) is 23.5 Å². The molecule has 130 valence electrons. The van der Waals surface area contributed by atoms with Gasteiger partial charge in [0.15, 0.2) is 0 Å². The van der Waals surface area contributed by atoms with E-state index in [1.807, 2.05) is 31.5 Å². The number of fused-ring (bicyclic) bond motifs is 1. The number of H-pyrrole nitrogens is 1. The average Bonchev–Trinajstić information content (AvgIpc) is 3.09. The Bertz CT molecular complexity index is 1040. The van der Waals surface area contributed by atoms with E-state index in [-0.39, 0.29) is 17.7 Å². The molecule has 0 spiro atoms. The first-order valence-electron chi connectivity index (χ1n) is 8.85. The van der Waals surface area contributed by atoms with Crippen LogP contribution in [0.25, 0.3) is 16.6 Å². The van der Waals surface area contributed by atoms with Crippen molar-refractivity contribution in [2.75, 3.05) is 11.4 Å². The monoisotopic (exact) mass is 346 g/mol. The lowest BCUT2D eigenvalue weighted by molar-refractivity contribution is -0.124. The van der Waals surface area contributed by atoms with Gasteiger partial charge >= 0.3 is 0 Å². The van der Waals surface area contributed by atoms with Crippen molar-refractivity contribution < 1.29 is 4.79 Å². The molecule has 7 nitrogen and oxygen atoms in total. The minimum Gasteiger partial charge on any atom is -0.309 e. The summed E-state index contributed by atoms with van der Waals surface area (Å²) in [5, 5.41) is 21.0. The minimum absolute atomic E-state index is 0.0176. The highest BCUT2D eigenvalue weighted by Crippen LogP contribution is 2.54. The Balaban J connectivity index is 1.62. The average molecular weight is 346 g/mol. The van der Waals surface area contributed by atoms with Crippen LogP contribution in [0.15, 0.2) is 36.9 Å². The molecule has 5 rings (SSSR count). The van der Waals surface area contributed by atoms with Gasteiger partial charge in [-0.15, -0.1) is 0 Å². The maximum atomic E-state index is 13.3. The summed E-state index contributed by atoms with van der Waals surface area (Å²) in [5.41, 5.74) is 2.73. The van der Waals surface area contributed by atoms with E-state index in [9.17, 15) is 10.1 Å². The van der Waals surface area contributed by atoms with Gasteiger partial charge in [0.1, 0.15) is 5.41 Å². The van der Waals surface area contributed by atoms with Crippen molar-refractivity contribution >= 4 is 17.1 Å². The second kappa shape index (κ2) is 5.18. The Labute approximate surface area is 150 Å². The van der Waals surface area contributed by atoms with E-state index in [0.29, 0.717) is 6.54 Å². The molecule has 1 aliphatic heterocycles. The molecule has 4 heterocycles. The molecular weight excluding hydrogens is 328 g/mol. The number of carbonyl (C=O) groups is 1. The summed E-state index contributed by atoms with van der Waals surface area (Å²) >= 11 is 0. The topological polar surface area (TPSA) is 90.1 Å². The summed E-state index contributed by atoms with van der Waals surface area (Å²) in [4.78, 5) is 15.1. The highest BCUT2D eigenvalue weighted by Gasteiger charge is 2.61. The zero-order valence-electron chi connectivity index (χ0n) is 14.4. The van der Waals surface area contributed by atoms with E-state index >= 15 is 0 Å². The Morgan fingerprint density at radius 2 is 2.23 bits per heavy atom. The number of aromatic amines is 1. The third-order valence-corrected chi connectivity index (χ3v) is 5.85. The van der Waals surface area contributed by atoms with Crippen molar-refractivity contribution in [1.82, 2.24) is 19.8 Å². The molecule has 1 saturated carbocycles. The molecular formula is C19H18N6O. The van der Waals surface area contributed by atoms with Gasteiger partial charge in [-0.3, -0.25) is 9.89 Å². The molecule has 1 aliphatic carbocycles. The first-order valence-corrected chi connectivity index (χ1v) is 8.85. The summed E-state index contributed by atoms with van der Waals surface area (Å²) in [5.74, 6) is 0.157. The Morgan fingerprint density at radius 1 is 1.38 bits per heavy atom. The Hall–Kier alpha value is -3.14. The number of carbonyl (C=O) groups excluding carboxylic acids is 1. The standard InChI is InChI=1S/C19H18N6O/c1-12-9-24(18(26)19(12,11-20)15-2-3-15)16-4-5-23-25-10-13(6-17(16)25)14-7-21-22-8-14/h4-8,10,12,15H,2-3,9H2,1H3,(H,21,22)/t12-,19+/m1/s1. The van der Waals surface area contributed by atoms with Gasteiger partial charge in [0.2, 0.25) is 5.91 Å². The maximum Gasteiger partial charge on any atom is 0.248 e. The molecule has 2 fully saturated rings. The molecule has 1 N–H and O–H groups in total. The second-order valence-corrected chi connectivity index (χ2v) is 7.33. The van der Waals surface area contributed by atoms with Crippen LogP contribution in [0.3, 0.4) is 0 Å². The van der Waals surface area contributed by atoms with Crippen molar-refractivity contribution in [3.8, 4) is 17.2 Å². The van der Waals surface area contributed by atoms with Crippen LogP contribution in [0.1, 0.15) is 19.8 Å². The van der Waals surface area contributed by atoms with Crippen molar-refractivity contribution in [2.24, 2.45) is 17.3 Å². The van der Waals surface area contributed by atoms with Gasteiger partial charge in [0.25, 0.3) is 0 Å². The molecule has 7 heteroatoms. The van der Waals surface area contributed by atoms with Gasteiger partial charge in [-0.2, -0.15) is 15.5 Å². The predicted molar refractivity (Wildman–Crippen MR) is 95.1 cm³/mol. The zero-order chi connectivity index (χ0) is 17.9. The van der Waals surface area contributed by atoms with Crippen LogP contribution < -0.4 is 4.90 Å². The van der Waals surface area contributed by atoms with Gasteiger partial charge in [-0.05, 0) is 30.9 Å². The molecule has 0 radical (unpaired) electrons. The number of amides is 1. The van der Waals surface area contributed by atoms with E-state index in [1.165, 1.54) is 0 Å². The van der Waals surface area contributed by atoms with E-state index < -0.39 is 5.41 Å². The third-order valence-electron chi connectivity index (χ3n) is 5.85. The van der Waals surface area contributed by atoms with Crippen LogP contribution in [-0.4, -0.2) is 32.3 Å². The first kappa shape index (κ1) is 15.1. The maximum absolute atomic E-state index is 13.3. The Kier molecular flexibility index (Phi) is 3.02. The molecule has 0 bridgehead atoms.